The van der Waals surface area contributed by atoms with Crippen LogP contribution in [-0.4, -0.2) is 52.1 Å². The van der Waals surface area contributed by atoms with E-state index in [-0.39, 0.29) is 40.8 Å². The number of hydrogen-bond donors (Lipinski definition) is 3. The number of fused-ring (bicyclic) bond motifs is 7. The molecule has 0 aromatic carbocycles. The van der Waals surface area contributed by atoms with Crippen LogP contribution in [0.15, 0.2) is 0 Å². The van der Waals surface area contributed by atoms with E-state index in [1.165, 1.54) is 0 Å². The van der Waals surface area contributed by atoms with Gasteiger partial charge in [0.05, 0.1) is 31.0 Å². The number of aliphatic hydroxyl groups is 3. The van der Waals surface area contributed by atoms with E-state index in [4.69, 9.17) is 9.47 Å². The molecule has 5 heteroatoms. The van der Waals surface area contributed by atoms with Gasteiger partial charge in [-0.15, -0.1) is 0 Å². The van der Waals surface area contributed by atoms with E-state index in [0.717, 1.165) is 58.0 Å². The quantitative estimate of drug-likeness (QED) is 0.526. The topological polar surface area (TPSA) is 79.2 Å². The Morgan fingerprint density at radius 3 is 2.38 bits per heavy atom. The van der Waals surface area contributed by atoms with Crippen molar-refractivity contribution in [1.82, 2.24) is 0 Å². The smallest absolute Gasteiger partial charge is 0.171 e. The fourth-order valence-electron chi connectivity index (χ4n) is 10.2. The molecule has 2 heterocycles. The van der Waals surface area contributed by atoms with Crippen molar-refractivity contribution in [3.05, 3.63) is 0 Å². The lowest BCUT2D eigenvalue weighted by atomic mass is 9.43. The zero-order valence-electron chi connectivity index (χ0n) is 20.4. The van der Waals surface area contributed by atoms with Crippen molar-refractivity contribution >= 4 is 0 Å². The zero-order chi connectivity index (χ0) is 22.6. The predicted octanol–water partition coefficient (Wildman–Crippen LogP) is 3.74. The van der Waals surface area contributed by atoms with E-state index in [0.29, 0.717) is 23.7 Å². The summed E-state index contributed by atoms with van der Waals surface area (Å²) in [5, 5.41) is 33.9. The van der Waals surface area contributed by atoms with Crippen molar-refractivity contribution < 1.29 is 24.8 Å². The maximum absolute atomic E-state index is 11.8. The van der Waals surface area contributed by atoms with Crippen LogP contribution in [-0.2, 0) is 9.47 Å². The summed E-state index contributed by atoms with van der Waals surface area (Å²) in [6.07, 6.45) is 6.52. The molecular weight excluding hydrogens is 404 g/mol. The van der Waals surface area contributed by atoms with Gasteiger partial charge in [0.15, 0.2) is 5.79 Å². The standard InChI is InChI=1S/C27H44O5/c1-14-7-10-27(31-13-14)15(2)21-24(32-27)23(30)22-18-6-5-16-11-17(28)8-9-25(16,3)19(18)12-20(29)26(21,22)4/h14-24,28-30H,5-13H2,1-4H3/t14-,15-,16-,17-,18+,19-,20+,21-,22+,23+,24+,25-,26+,27+/m0/s1. The number of rotatable bonds is 0. The SMILES string of the molecule is C[C@H]1CC[C@@]2(OC1)O[C@H]1[C@H](O)[C@H]3[C@@H]4CC[C@H]5C[C@@H](O)CC[C@]5(C)[C@H]4C[C@@H](O)[C@]3(C)[C@H]1[C@@H]2C. The summed E-state index contributed by atoms with van der Waals surface area (Å²) in [7, 11) is 0. The summed E-state index contributed by atoms with van der Waals surface area (Å²) in [6.45, 7) is 9.88. The van der Waals surface area contributed by atoms with E-state index in [9.17, 15) is 15.3 Å². The third-order valence-electron chi connectivity index (χ3n) is 12.0. The van der Waals surface area contributed by atoms with E-state index in [1.807, 2.05) is 0 Å². The van der Waals surface area contributed by atoms with Crippen LogP contribution >= 0.6 is 0 Å². The van der Waals surface area contributed by atoms with Crippen LogP contribution in [0.1, 0.15) is 79.1 Å². The minimum atomic E-state index is -0.587. The summed E-state index contributed by atoms with van der Waals surface area (Å²) in [5.41, 5.74) is -0.170. The maximum atomic E-state index is 11.8. The molecule has 0 radical (unpaired) electrons. The first-order valence-electron chi connectivity index (χ1n) is 13.5. The van der Waals surface area contributed by atoms with Crippen LogP contribution in [0.25, 0.3) is 0 Å². The minimum Gasteiger partial charge on any atom is -0.393 e. The van der Waals surface area contributed by atoms with Gasteiger partial charge in [0.25, 0.3) is 0 Å². The van der Waals surface area contributed by atoms with Crippen molar-refractivity contribution in [3.63, 3.8) is 0 Å². The van der Waals surface area contributed by atoms with Gasteiger partial charge in [-0.3, -0.25) is 0 Å². The first-order valence-corrected chi connectivity index (χ1v) is 13.5. The Hall–Kier alpha value is -0.200. The van der Waals surface area contributed by atoms with Crippen molar-refractivity contribution in [2.24, 2.45) is 52.3 Å². The van der Waals surface area contributed by atoms with Crippen LogP contribution in [0, 0.1) is 52.3 Å². The van der Waals surface area contributed by atoms with Gasteiger partial charge in [-0.2, -0.15) is 0 Å². The Labute approximate surface area is 193 Å². The van der Waals surface area contributed by atoms with Gasteiger partial charge < -0.3 is 24.8 Å². The van der Waals surface area contributed by atoms with Crippen molar-refractivity contribution in [2.75, 3.05) is 6.61 Å². The minimum absolute atomic E-state index is 0.0817. The monoisotopic (exact) mass is 448 g/mol. The summed E-state index contributed by atoms with van der Waals surface area (Å²) in [4.78, 5) is 0. The van der Waals surface area contributed by atoms with Gasteiger partial charge in [-0.05, 0) is 80.0 Å². The molecule has 32 heavy (non-hydrogen) atoms. The van der Waals surface area contributed by atoms with Crippen LogP contribution in [0.3, 0.4) is 0 Å². The Bertz CT molecular complexity index is 748. The first kappa shape index (κ1) is 22.3. The molecular formula is C27H44O5. The van der Waals surface area contributed by atoms with Gasteiger partial charge in [-0.25, -0.2) is 0 Å². The fourth-order valence-corrected chi connectivity index (χ4v) is 10.2. The number of ether oxygens (including phenoxy) is 2. The second kappa shape index (κ2) is 7.16. The Morgan fingerprint density at radius 1 is 0.875 bits per heavy atom. The molecule has 2 saturated heterocycles. The molecule has 0 unspecified atom stereocenters. The lowest BCUT2D eigenvalue weighted by Crippen LogP contribution is -2.61. The maximum Gasteiger partial charge on any atom is 0.171 e. The molecule has 0 amide bonds. The van der Waals surface area contributed by atoms with Crippen LogP contribution in [0.5, 0.6) is 0 Å². The van der Waals surface area contributed by atoms with E-state index >= 15 is 0 Å². The lowest BCUT2D eigenvalue weighted by Gasteiger charge is -2.62. The molecule has 0 bridgehead atoms. The average molecular weight is 449 g/mol. The number of hydrogen-bond acceptors (Lipinski definition) is 5. The van der Waals surface area contributed by atoms with Gasteiger partial charge in [0.2, 0.25) is 0 Å². The van der Waals surface area contributed by atoms with Gasteiger partial charge in [-0.1, -0.05) is 27.7 Å². The fraction of sp³-hybridized carbons (Fsp3) is 1.00. The molecule has 3 N–H and O–H groups in total. The third kappa shape index (κ3) is 2.69. The van der Waals surface area contributed by atoms with E-state index in [2.05, 4.69) is 27.7 Å². The van der Waals surface area contributed by atoms with Crippen molar-refractivity contribution in [2.45, 2.75) is 109 Å². The molecule has 4 saturated carbocycles. The zero-order valence-corrected chi connectivity index (χ0v) is 20.4. The first-order chi connectivity index (χ1) is 15.1. The van der Waals surface area contributed by atoms with Crippen LogP contribution in [0.4, 0.5) is 0 Å². The predicted molar refractivity (Wildman–Crippen MR) is 121 cm³/mol. The Morgan fingerprint density at radius 2 is 1.66 bits per heavy atom. The average Bonchev–Trinajstić information content (AvgIpc) is 3.16. The molecule has 6 fully saturated rings. The van der Waals surface area contributed by atoms with Crippen LogP contribution in [0.2, 0.25) is 0 Å². The van der Waals surface area contributed by atoms with Crippen LogP contribution < -0.4 is 0 Å². The molecule has 6 rings (SSSR count). The van der Waals surface area contributed by atoms with Crippen molar-refractivity contribution in [1.29, 1.82) is 0 Å². The highest BCUT2D eigenvalue weighted by molar-refractivity contribution is 5.20. The van der Waals surface area contributed by atoms with Gasteiger partial charge >= 0.3 is 0 Å². The third-order valence-corrected chi connectivity index (χ3v) is 12.0. The molecule has 0 aromatic rings. The molecule has 1 spiro atoms. The Balaban J connectivity index is 1.33. The summed E-state index contributed by atoms with van der Waals surface area (Å²) in [5.74, 6) is 1.74. The highest BCUT2D eigenvalue weighted by Gasteiger charge is 2.74. The molecule has 6 aliphatic rings. The highest BCUT2D eigenvalue weighted by atomic mass is 16.7. The number of aliphatic hydroxyl groups excluding tert-OH is 3. The highest BCUT2D eigenvalue weighted by Crippen LogP contribution is 2.71. The normalized spacial score (nSPS) is 64.0. The summed E-state index contributed by atoms with van der Waals surface area (Å²) >= 11 is 0. The lowest BCUT2D eigenvalue weighted by molar-refractivity contribution is -0.284. The van der Waals surface area contributed by atoms with E-state index in [1.54, 1.807) is 0 Å². The molecule has 4 aliphatic carbocycles. The summed E-state index contributed by atoms with van der Waals surface area (Å²) in [6, 6.07) is 0. The second-order valence-corrected chi connectivity index (χ2v) is 13.3. The molecule has 182 valence electrons. The molecule has 2 aliphatic heterocycles. The largest absolute Gasteiger partial charge is 0.393 e. The summed E-state index contributed by atoms with van der Waals surface area (Å²) < 4.78 is 13.1. The van der Waals surface area contributed by atoms with Gasteiger partial charge in [0.1, 0.15) is 0 Å². The van der Waals surface area contributed by atoms with Gasteiger partial charge in [0, 0.05) is 23.7 Å². The van der Waals surface area contributed by atoms with Crippen molar-refractivity contribution in [3.8, 4) is 0 Å². The molecule has 5 nitrogen and oxygen atoms in total. The van der Waals surface area contributed by atoms with E-state index < -0.39 is 18.0 Å². The Kier molecular flexibility index (Phi) is 4.99. The second-order valence-electron chi connectivity index (χ2n) is 13.3. The molecule has 0 aromatic heterocycles. The molecule has 14 atom stereocenters.